The Bertz CT molecular complexity index is 417. The van der Waals surface area contributed by atoms with E-state index < -0.39 is 36.4 Å². The highest BCUT2D eigenvalue weighted by Crippen LogP contribution is 2.43. The van der Waals surface area contributed by atoms with Gasteiger partial charge in [-0.25, -0.2) is 4.57 Å². The molecule has 0 aliphatic rings. The normalized spacial score (nSPS) is 12.8. The van der Waals surface area contributed by atoms with Crippen LogP contribution in [-0.2, 0) is 32.1 Å². The van der Waals surface area contributed by atoms with Crippen LogP contribution in [0.3, 0.4) is 0 Å². The monoisotopic (exact) mass is 386 g/mol. The molecule has 0 unspecified atom stereocenters. The first-order chi connectivity index (χ1) is 10.2. The SMILES string of the molecule is C[Si](C)(C)OC(=O)CCOP(=O)(O)OCCC(=O)O[Si](C)(C)C. The summed E-state index contributed by atoms with van der Waals surface area (Å²) in [4.78, 5) is 32.3. The number of carbonyl (C=O) groups is 2. The van der Waals surface area contributed by atoms with Gasteiger partial charge in [0.15, 0.2) is 0 Å². The molecule has 0 aromatic carbocycles. The summed E-state index contributed by atoms with van der Waals surface area (Å²) < 4.78 is 31.2. The highest BCUT2D eigenvalue weighted by molar-refractivity contribution is 7.47. The highest BCUT2D eigenvalue weighted by atomic mass is 31.2. The second-order valence-electron chi connectivity index (χ2n) is 6.81. The third-order valence-corrected chi connectivity index (χ3v) is 4.66. The Hall–Kier alpha value is -0.516. The lowest BCUT2D eigenvalue weighted by atomic mass is 10.5. The molecular formula is C12H27O8PSi2. The first-order valence-corrected chi connectivity index (χ1v) is 15.6. The Kier molecular flexibility index (Phi) is 8.89. The number of rotatable bonds is 10. The van der Waals surface area contributed by atoms with E-state index in [2.05, 4.69) is 9.05 Å². The van der Waals surface area contributed by atoms with E-state index >= 15 is 0 Å². The van der Waals surface area contributed by atoms with Gasteiger partial charge in [-0.2, -0.15) is 0 Å². The molecule has 0 aromatic rings. The minimum Gasteiger partial charge on any atom is -0.520 e. The summed E-state index contributed by atoms with van der Waals surface area (Å²) >= 11 is 0. The molecule has 0 saturated carbocycles. The standard InChI is InChI=1S/C12H27O8PSi2/c1-22(2,3)19-11(13)7-9-17-21(15,16)18-10-8-12(14)20-23(4,5)6/h7-10H2,1-6H3,(H,15,16). The first-order valence-electron chi connectivity index (χ1n) is 7.26. The summed E-state index contributed by atoms with van der Waals surface area (Å²) in [5.74, 6) is -0.967. The second-order valence-corrected chi connectivity index (χ2v) is 17.1. The van der Waals surface area contributed by atoms with Gasteiger partial charge in [-0.1, -0.05) is 0 Å². The van der Waals surface area contributed by atoms with Gasteiger partial charge in [0, 0.05) is 0 Å². The lowest BCUT2D eigenvalue weighted by Crippen LogP contribution is -2.29. The number of phosphoric acid groups is 1. The fraction of sp³-hybridized carbons (Fsp3) is 0.833. The van der Waals surface area contributed by atoms with Crippen molar-refractivity contribution in [2.75, 3.05) is 13.2 Å². The van der Waals surface area contributed by atoms with Gasteiger partial charge < -0.3 is 13.7 Å². The van der Waals surface area contributed by atoms with Gasteiger partial charge in [0.1, 0.15) is 0 Å². The predicted octanol–water partition coefficient (Wildman–Crippen LogP) is 2.66. The van der Waals surface area contributed by atoms with E-state index in [1.807, 2.05) is 39.3 Å². The van der Waals surface area contributed by atoms with Gasteiger partial charge in [-0.05, 0) is 39.3 Å². The van der Waals surface area contributed by atoms with E-state index in [-0.39, 0.29) is 26.1 Å². The molecule has 0 radical (unpaired) electrons. The van der Waals surface area contributed by atoms with Crippen molar-refractivity contribution in [1.82, 2.24) is 0 Å². The van der Waals surface area contributed by atoms with E-state index in [1.54, 1.807) is 0 Å². The van der Waals surface area contributed by atoms with E-state index in [0.29, 0.717) is 0 Å². The molecule has 0 aliphatic heterocycles. The molecule has 0 rings (SSSR count). The molecule has 23 heavy (non-hydrogen) atoms. The molecule has 0 aromatic heterocycles. The second kappa shape index (κ2) is 9.09. The average Bonchev–Trinajstić information content (AvgIpc) is 2.22. The molecule has 0 saturated heterocycles. The molecule has 1 N–H and O–H groups in total. The van der Waals surface area contributed by atoms with Crippen LogP contribution in [0.5, 0.6) is 0 Å². The molecule has 0 fully saturated rings. The lowest BCUT2D eigenvalue weighted by Gasteiger charge is -2.18. The van der Waals surface area contributed by atoms with Crippen molar-refractivity contribution in [2.45, 2.75) is 52.1 Å². The minimum atomic E-state index is -4.30. The van der Waals surface area contributed by atoms with Crippen LogP contribution < -0.4 is 0 Å². The van der Waals surface area contributed by atoms with E-state index in [9.17, 15) is 19.0 Å². The quantitative estimate of drug-likeness (QED) is 0.451. The number of phosphoric ester groups is 1. The third-order valence-electron chi connectivity index (χ3n) is 1.96. The maximum atomic E-state index is 11.6. The molecule has 11 heteroatoms. The Morgan fingerprint density at radius 1 is 0.826 bits per heavy atom. The number of hydrogen-bond acceptors (Lipinski definition) is 7. The predicted molar refractivity (Wildman–Crippen MR) is 89.8 cm³/mol. The fourth-order valence-electron chi connectivity index (χ4n) is 1.31. The van der Waals surface area contributed by atoms with Gasteiger partial charge in [0.05, 0.1) is 26.1 Å². The van der Waals surface area contributed by atoms with Crippen LogP contribution in [0, 0.1) is 0 Å². The van der Waals surface area contributed by atoms with Crippen molar-refractivity contribution in [3.63, 3.8) is 0 Å². The molecule has 0 atom stereocenters. The van der Waals surface area contributed by atoms with Crippen LogP contribution in [0.25, 0.3) is 0 Å². The van der Waals surface area contributed by atoms with Crippen molar-refractivity contribution in [3.05, 3.63) is 0 Å². The maximum Gasteiger partial charge on any atom is 0.472 e. The Morgan fingerprint density at radius 3 is 1.39 bits per heavy atom. The summed E-state index contributed by atoms with van der Waals surface area (Å²) in [7, 11) is -8.27. The van der Waals surface area contributed by atoms with Crippen molar-refractivity contribution >= 4 is 36.4 Å². The van der Waals surface area contributed by atoms with Crippen LogP contribution in [0.1, 0.15) is 12.8 Å². The lowest BCUT2D eigenvalue weighted by molar-refractivity contribution is -0.136. The Labute approximate surface area is 139 Å². The van der Waals surface area contributed by atoms with Crippen LogP contribution in [0.2, 0.25) is 39.3 Å². The molecule has 8 nitrogen and oxygen atoms in total. The van der Waals surface area contributed by atoms with Gasteiger partial charge in [0.25, 0.3) is 11.9 Å². The van der Waals surface area contributed by atoms with Crippen LogP contribution in [0.15, 0.2) is 0 Å². The molecule has 0 heterocycles. The average molecular weight is 386 g/mol. The summed E-state index contributed by atoms with van der Waals surface area (Å²) in [6.07, 6.45) is -0.286. The van der Waals surface area contributed by atoms with Crippen LogP contribution in [-0.4, -0.2) is 46.7 Å². The van der Waals surface area contributed by atoms with Crippen molar-refractivity contribution in [2.24, 2.45) is 0 Å². The smallest absolute Gasteiger partial charge is 0.472 e. The number of hydrogen-bond donors (Lipinski definition) is 1. The van der Waals surface area contributed by atoms with E-state index in [4.69, 9.17) is 8.85 Å². The van der Waals surface area contributed by atoms with Gasteiger partial charge in [-0.15, -0.1) is 0 Å². The largest absolute Gasteiger partial charge is 0.520 e. The van der Waals surface area contributed by atoms with Crippen molar-refractivity contribution in [1.29, 1.82) is 0 Å². The zero-order valence-electron chi connectivity index (χ0n) is 14.6. The molecule has 136 valence electrons. The molecular weight excluding hydrogens is 359 g/mol. The third kappa shape index (κ3) is 14.8. The van der Waals surface area contributed by atoms with Gasteiger partial charge in [0.2, 0.25) is 16.6 Å². The molecule has 0 spiro atoms. The molecule has 0 aliphatic carbocycles. The topological polar surface area (TPSA) is 108 Å². The fourth-order valence-corrected chi connectivity index (χ4v) is 3.60. The van der Waals surface area contributed by atoms with Crippen molar-refractivity contribution < 1.29 is 36.9 Å². The van der Waals surface area contributed by atoms with Gasteiger partial charge >= 0.3 is 7.82 Å². The maximum absolute atomic E-state index is 11.6. The summed E-state index contributed by atoms with van der Waals surface area (Å²) in [6, 6.07) is 0. The van der Waals surface area contributed by atoms with Crippen LogP contribution >= 0.6 is 7.82 Å². The molecule has 0 bridgehead atoms. The first kappa shape index (κ1) is 22.5. The summed E-state index contributed by atoms with van der Waals surface area (Å²) in [6.45, 7) is 10.5. The Morgan fingerprint density at radius 2 is 1.13 bits per heavy atom. The summed E-state index contributed by atoms with van der Waals surface area (Å²) in [5.41, 5.74) is 0. The highest BCUT2D eigenvalue weighted by Gasteiger charge is 2.25. The van der Waals surface area contributed by atoms with E-state index in [0.717, 1.165) is 0 Å². The number of carbonyl (C=O) groups excluding carboxylic acids is 2. The van der Waals surface area contributed by atoms with Crippen molar-refractivity contribution in [3.8, 4) is 0 Å². The molecule has 0 amide bonds. The minimum absolute atomic E-state index is 0.143. The van der Waals surface area contributed by atoms with Gasteiger partial charge in [-0.3, -0.25) is 18.6 Å². The Balaban J connectivity index is 4.00. The van der Waals surface area contributed by atoms with E-state index in [1.165, 1.54) is 0 Å². The van der Waals surface area contributed by atoms with Crippen LogP contribution in [0.4, 0.5) is 0 Å². The zero-order valence-corrected chi connectivity index (χ0v) is 17.5. The zero-order chi connectivity index (χ0) is 18.3. The summed E-state index contributed by atoms with van der Waals surface area (Å²) in [5, 5.41) is 0.